The van der Waals surface area contributed by atoms with Gasteiger partial charge in [-0.3, -0.25) is 9.59 Å². The number of hydrogen-bond acceptors (Lipinski definition) is 4. The number of unbranched alkanes of at least 4 members (excludes halogenated alkanes) is 5. The third-order valence-electron chi connectivity index (χ3n) is 4.09. The fraction of sp³-hybridized carbons (Fsp3) is 0.900. The summed E-state index contributed by atoms with van der Waals surface area (Å²) in [5.74, 6) is -0.424. The molecule has 0 aliphatic heterocycles. The Bertz CT molecular complexity index is 328. The normalized spacial score (nSPS) is 13.3. The quantitative estimate of drug-likeness (QED) is 0.288. The SMILES string of the molecule is CCCCCCCCC(C)OC(=O)CCCC(=O)OC(C)CCC. The van der Waals surface area contributed by atoms with Crippen molar-refractivity contribution in [3.05, 3.63) is 0 Å². The number of esters is 2. The summed E-state index contributed by atoms with van der Waals surface area (Å²) in [5, 5.41) is 0. The van der Waals surface area contributed by atoms with Crippen molar-refractivity contribution in [3.8, 4) is 0 Å². The van der Waals surface area contributed by atoms with Crippen LogP contribution in [0, 0.1) is 0 Å². The summed E-state index contributed by atoms with van der Waals surface area (Å²) < 4.78 is 10.6. The molecule has 4 heteroatoms. The Balaban J connectivity index is 3.61. The first-order valence-corrected chi connectivity index (χ1v) is 9.88. The van der Waals surface area contributed by atoms with Crippen molar-refractivity contribution in [2.45, 2.75) is 117 Å². The molecule has 0 saturated carbocycles. The standard InChI is InChI=1S/C20H38O4/c1-5-7-8-9-10-11-14-18(4)24-20(22)16-12-15-19(21)23-17(3)13-6-2/h17-18H,5-16H2,1-4H3. The molecule has 0 aromatic rings. The van der Waals surface area contributed by atoms with Gasteiger partial charge in [0, 0.05) is 12.8 Å². The van der Waals surface area contributed by atoms with Crippen molar-refractivity contribution in [1.29, 1.82) is 0 Å². The molecule has 0 aliphatic carbocycles. The lowest BCUT2D eigenvalue weighted by Crippen LogP contribution is -2.17. The van der Waals surface area contributed by atoms with Crippen molar-refractivity contribution < 1.29 is 19.1 Å². The van der Waals surface area contributed by atoms with Gasteiger partial charge in [-0.15, -0.1) is 0 Å². The zero-order chi connectivity index (χ0) is 18.2. The first-order valence-electron chi connectivity index (χ1n) is 9.88. The van der Waals surface area contributed by atoms with Crippen LogP contribution < -0.4 is 0 Å². The van der Waals surface area contributed by atoms with Crippen LogP contribution in [0.4, 0.5) is 0 Å². The van der Waals surface area contributed by atoms with Gasteiger partial charge in [0.15, 0.2) is 0 Å². The zero-order valence-electron chi connectivity index (χ0n) is 16.3. The highest BCUT2D eigenvalue weighted by Gasteiger charge is 2.12. The Hall–Kier alpha value is -1.06. The molecule has 0 amide bonds. The molecule has 0 N–H and O–H groups in total. The van der Waals surface area contributed by atoms with Crippen molar-refractivity contribution in [2.75, 3.05) is 0 Å². The second-order valence-electron chi connectivity index (χ2n) is 6.80. The van der Waals surface area contributed by atoms with E-state index >= 15 is 0 Å². The van der Waals surface area contributed by atoms with Crippen LogP contribution in [0.3, 0.4) is 0 Å². The Labute approximate surface area is 148 Å². The van der Waals surface area contributed by atoms with Crippen LogP contribution in [0.2, 0.25) is 0 Å². The molecule has 2 atom stereocenters. The zero-order valence-corrected chi connectivity index (χ0v) is 16.3. The molecule has 2 unspecified atom stereocenters. The summed E-state index contributed by atoms with van der Waals surface area (Å²) in [6.45, 7) is 8.13. The molecule has 24 heavy (non-hydrogen) atoms. The highest BCUT2D eigenvalue weighted by molar-refractivity contribution is 5.72. The van der Waals surface area contributed by atoms with Gasteiger partial charge in [-0.05, 0) is 39.5 Å². The van der Waals surface area contributed by atoms with E-state index in [-0.39, 0.29) is 37.0 Å². The van der Waals surface area contributed by atoms with Crippen LogP contribution >= 0.6 is 0 Å². The molecular weight excluding hydrogens is 304 g/mol. The monoisotopic (exact) mass is 342 g/mol. The molecule has 4 nitrogen and oxygen atoms in total. The van der Waals surface area contributed by atoms with E-state index in [0.717, 1.165) is 25.7 Å². The van der Waals surface area contributed by atoms with Gasteiger partial charge in [0.05, 0.1) is 12.2 Å². The molecule has 0 heterocycles. The van der Waals surface area contributed by atoms with Crippen molar-refractivity contribution >= 4 is 11.9 Å². The molecule has 0 aliphatic rings. The van der Waals surface area contributed by atoms with E-state index in [4.69, 9.17) is 9.47 Å². The van der Waals surface area contributed by atoms with Crippen LogP contribution in [0.5, 0.6) is 0 Å². The molecule has 0 spiro atoms. The molecule has 0 aromatic carbocycles. The largest absolute Gasteiger partial charge is 0.463 e. The van der Waals surface area contributed by atoms with Crippen LogP contribution in [-0.4, -0.2) is 24.1 Å². The van der Waals surface area contributed by atoms with Gasteiger partial charge >= 0.3 is 11.9 Å². The predicted molar refractivity (Wildman–Crippen MR) is 97.9 cm³/mol. The summed E-state index contributed by atoms with van der Waals surface area (Å²) >= 11 is 0. The summed E-state index contributed by atoms with van der Waals surface area (Å²) in [4.78, 5) is 23.4. The fourth-order valence-corrected chi connectivity index (χ4v) is 2.68. The van der Waals surface area contributed by atoms with Gasteiger partial charge in [-0.1, -0.05) is 52.4 Å². The highest BCUT2D eigenvalue weighted by Crippen LogP contribution is 2.12. The lowest BCUT2D eigenvalue weighted by atomic mass is 10.1. The van der Waals surface area contributed by atoms with E-state index in [2.05, 4.69) is 13.8 Å². The topological polar surface area (TPSA) is 52.6 Å². The highest BCUT2D eigenvalue weighted by atomic mass is 16.5. The second-order valence-corrected chi connectivity index (χ2v) is 6.80. The Kier molecular flexibility index (Phi) is 14.8. The summed E-state index contributed by atoms with van der Waals surface area (Å²) in [7, 11) is 0. The maximum atomic E-state index is 11.8. The molecule has 0 aromatic heterocycles. The maximum absolute atomic E-state index is 11.8. The summed E-state index contributed by atoms with van der Waals surface area (Å²) in [6, 6.07) is 0. The summed E-state index contributed by atoms with van der Waals surface area (Å²) in [6.07, 6.45) is 11.3. The molecule has 0 radical (unpaired) electrons. The van der Waals surface area contributed by atoms with Crippen LogP contribution in [0.25, 0.3) is 0 Å². The lowest BCUT2D eigenvalue weighted by molar-refractivity contribution is -0.150. The Morgan fingerprint density at radius 2 is 1.17 bits per heavy atom. The van der Waals surface area contributed by atoms with Crippen molar-refractivity contribution in [1.82, 2.24) is 0 Å². The van der Waals surface area contributed by atoms with Gasteiger partial charge in [0.2, 0.25) is 0 Å². The maximum Gasteiger partial charge on any atom is 0.306 e. The third kappa shape index (κ3) is 14.5. The van der Waals surface area contributed by atoms with Crippen LogP contribution in [0.15, 0.2) is 0 Å². The molecular formula is C20H38O4. The van der Waals surface area contributed by atoms with E-state index < -0.39 is 0 Å². The van der Waals surface area contributed by atoms with Crippen LogP contribution in [0.1, 0.15) is 105 Å². The minimum Gasteiger partial charge on any atom is -0.463 e. The minimum absolute atomic E-state index is 0.0276. The second kappa shape index (κ2) is 15.5. The Morgan fingerprint density at radius 3 is 1.71 bits per heavy atom. The van der Waals surface area contributed by atoms with Gasteiger partial charge in [-0.25, -0.2) is 0 Å². The first-order chi connectivity index (χ1) is 11.5. The molecule has 0 rings (SSSR count). The van der Waals surface area contributed by atoms with Gasteiger partial charge < -0.3 is 9.47 Å². The number of carbonyl (C=O) groups is 2. The number of hydrogen-bond donors (Lipinski definition) is 0. The lowest BCUT2D eigenvalue weighted by Gasteiger charge is -2.14. The van der Waals surface area contributed by atoms with Crippen molar-refractivity contribution in [2.24, 2.45) is 0 Å². The van der Waals surface area contributed by atoms with E-state index in [9.17, 15) is 9.59 Å². The smallest absolute Gasteiger partial charge is 0.306 e. The minimum atomic E-state index is -0.219. The van der Waals surface area contributed by atoms with Gasteiger partial charge in [0.1, 0.15) is 0 Å². The number of rotatable bonds is 15. The Morgan fingerprint density at radius 1 is 0.667 bits per heavy atom. The summed E-state index contributed by atoms with van der Waals surface area (Å²) in [5.41, 5.74) is 0. The molecule has 0 bridgehead atoms. The van der Waals surface area contributed by atoms with E-state index in [1.165, 1.54) is 32.1 Å². The molecule has 0 saturated heterocycles. The molecule has 0 fully saturated rings. The van der Waals surface area contributed by atoms with E-state index in [1.807, 2.05) is 13.8 Å². The fourth-order valence-electron chi connectivity index (χ4n) is 2.68. The van der Waals surface area contributed by atoms with Gasteiger partial charge in [-0.2, -0.15) is 0 Å². The van der Waals surface area contributed by atoms with Crippen LogP contribution in [-0.2, 0) is 19.1 Å². The average molecular weight is 343 g/mol. The molecule has 142 valence electrons. The number of carbonyl (C=O) groups excluding carboxylic acids is 2. The predicted octanol–water partition coefficient (Wildman–Crippen LogP) is 5.57. The van der Waals surface area contributed by atoms with E-state index in [1.54, 1.807) is 0 Å². The third-order valence-corrected chi connectivity index (χ3v) is 4.09. The number of ether oxygens (including phenoxy) is 2. The van der Waals surface area contributed by atoms with Gasteiger partial charge in [0.25, 0.3) is 0 Å². The average Bonchev–Trinajstić information content (AvgIpc) is 2.50. The first kappa shape index (κ1) is 22.9. The van der Waals surface area contributed by atoms with E-state index in [0.29, 0.717) is 6.42 Å². The van der Waals surface area contributed by atoms with Crippen molar-refractivity contribution in [3.63, 3.8) is 0 Å².